The summed E-state index contributed by atoms with van der Waals surface area (Å²) < 4.78 is 28.0. The van der Waals surface area contributed by atoms with Gasteiger partial charge in [-0.05, 0) is 69.7 Å². The number of aromatic amines is 1. The molecule has 170 valence electrons. The van der Waals surface area contributed by atoms with Crippen LogP contribution in [-0.4, -0.2) is 33.6 Å². The third kappa shape index (κ3) is 5.26. The van der Waals surface area contributed by atoms with Crippen LogP contribution in [0.1, 0.15) is 22.8 Å². The van der Waals surface area contributed by atoms with Crippen LogP contribution in [0.4, 0.5) is 28.8 Å². The maximum atomic E-state index is 12.7. The van der Waals surface area contributed by atoms with Crippen LogP contribution in [-0.2, 0) is 10.0 Å². The number of H-pyrrole nitrogens is 1. The highest BCUT2D eigenvalue weighted by Gasteiger charge is 2.22. The van der Waals surface area contributed by atoms with Crippen molar-refractivity contribution in [1.82, 2.24) is 25.1 Å². The van der Waals surface area contributed by atoms with Gasteiger partial charge in [-0.1, -0.05) is 0 Å². The summed E-state index contributed by atoms with van der Waals surface area (Å²) in [6.07, 6.45) is 1.73. The maximum absolute atomic E-state index is 12.7. The Morgan fingerprint density at radius 2 is 1.48 bits per heavy atom. The predicted octanol–water partition coefficient (Wildman–Crippen LogP) is 4.12. The van der Waals surface area contributed by atoms with Crippen molar-refractivity contribution in [1.29, 1.82) is 0 Å². The molecule has 4 rings (SSSR count). The van der Waals surface area contributed by atoms with E-state index in [0.29, 0.717) is 40.4 Å². The van der Waals surface area contributed by atoms with Crippen LogP contribution in [0.3, 0.4) is 0 Å². The second-order valence-corrected chi connectivity index (χ2v) is 9.22. The van der Waals surface area contributed by atoms with E-state index >= 15 is 0 Å². The number of benzene rings is 1. The highest BCUT2D eigenvalue weighted by molar-refractivity contribution is 7.92. The van der Waals surface area contributed by atoms with E-state index in [9.17, 15) is 8.42 Å². The van der Waals surface area contributed by atoms with Crippen LogP contribution < -0.4 is 15.4 Å². The maximum Gasteiger partial charge on any atom is 0.265 e. The van der Waals surface area contributed by atoms with Gasteiger partial charge < -0.3 is 10.6 Å². The second-order valence-electron chi connectivity index (χ2n) is 7.60. The molecule has 0 saturated carbocycles. The Kier molecular flexibility index (Phi) is 5.97. The van der Waals surface area contributed by atoms with Crippen molar-refractivity contribution in [3.8, 4) is 0 Å². The number of hydrogen-bond donors (Lipinski definition) is 4. The van der Waals surface area contributed by atoms with Crippen molar-refractivity contribution in [3.63, 3.8) is 0 Å². The Hall–Kier alpha value is -3.99. The van der Waals surface area contributed by atoms with E-state index in [1.54, 1.807) is 57.3 Å². The Morgan fingerprint density at radius 1 is 0.818 bits per heavy atom. The number of nitrogens with zero attached hydrogens (tertiary/aromatic N) is 4. The van der Waals surface area contributed by atoms with Crippen molar-refractivity contribution in [2.45, 2.75) is 32.6 Å². The molecule has 0 bridgehead atoms. The Labute approximate surface area is 192 Å². The molecule has 0 aliphatic carbocycles. The molecule has 0 spiro atoms. The minimum Gasteiger partial charge on any atom is -0.340 e. The largest absolute Gasteiger partial charge is 0.340 e. The summed E-state index contributed by atoms with van der Waals surface area (Å²) in [7, 11) is -3.75. The zero-order valence-corrected chi connectivity index (χ0v) is 19.4. The fourth-order valence-electron chi connectivity index (χ4n) is 3.34. The minimum absolute atomic E-state index is 0.157. The van der Waals surface area contributed by atoms with Gasteiger partial charge in [0.15, 0.2) is 0 Å². The van der Waals surface area contributed by atoms with Gasteiger partial charge in [-0.3, -0.25) is 9.82 Å². The third-order valence-electron chi connectivity index (χ3n) is 4.75. The molecule has 3 heterocycles. The summed E-state index contributed by atoms with van der Waals surface area (Å²) in [5.74, 6) is 2.48. The molecule has 0 aliphatic heterocycles. The van der Waals surface area contributed by atoms with Crippen molar-refractivity contribution in [2.75, 3.05) is 15.4 Å². The summed E-state index contributed by atoms with van der Waals surface area (Å²) >= 11 is 0. The molecule has 11 heteroatoms. The van der Waals surface area contributed by atoms with Crippen molar-refractivity contribution in [2.24, 2.45) is 0 Å². The summed E-state index contributed by atoms with van der Waals surface area (Å²) in [4.78, 5) is 13.3. The van der Waals surface area contributed by atoms with E-state index in [1.807, 2.05) is 19.1 Å². The molecule has 4 N–H and O–H groups in total. The average molecular weight is 465 g/mol. The zero-order chi connectivity index (χ0) is 23.6. The van der Waals surface area contributed by atoms with Crippen molar-refractivity contribution >= 4 is 38.9 Å². The number of hydrogen-bond acceptors (Lipinski definition) is 8. The molecule has 1 aromatic carbocycles. The van der Waals surface area contributed by atoms with Crippen LogP contribution in [0.5, 0.6) is 0 Å². The van der Waals surface area contributed by atoms with Gasteiger partial charge in [-0.15, -0.1) is 0 Å². The first-order valence-corrected chi connectivity index (χ1v) is 11.6. The molecular formula is C22H24N8O2S. The summed E-state index contributed by atoms with van der Waals surface area (Å²) in [5.41, 5.74) is 3.18. The van der Waals surface area contributed by atoms with E-state index in [1.165, 1.54) is 0 Å². The first-order valence-electron chi connectivity index (χ1n) is 10.2. The Bertz CT molecular complexity index is 1380. The van der Waals surface area contributed by atoms with E-state index < -0.39 is 10.0 Å². The van der Waals surface area contributed by atoms with Crippen molar-refractivity contribution < 1.29 is 8.42 Å². The van der Waals surface area contributed by atoms with Crippen LogP contribution in [0, 0.1) is 27.7 Å². The van der Waals surface area contributed by atoms with E-state index in [-0.39, 0.29) is 4.90 Å². The molecule has 0 unspecified atom stereocenters. The van der Waals surface area contributed by atoms with Crippen LogP contribution in [0.15, 0.2) is 53.6 Å². The quantitative estimate of drug-likeness (QED) is 0.320. The lowest BCUT2D eigenvalue weighted by atomic mass is 10.3. The SMILES string of the molecule is Cc1ccnc(Nc2cc(Nc3ccc(NS(=O)(=O)c4c(C)n[nH]c4C)cc3)nc(C)n2)c1. The number of anilines is 5. The lowest BCUT2D eigenvalue weighted by molar-refractivity contribution is 0.600. The molecular weight excluding hydrogens is 440 g/mol. The fraction of sp³-hybridized carbons (Fsp3) is 0.182. The number of aryl methyl sites for hydroxylation is 4. The molecule has 0 saturated heterocycles. The molecule has 0 radical (unpaired) electrons. The number of nitrogens with one attached hydrogen (secondary N) is 4. The van der Waals surface area contributed by atoms with Gasteiger partial charge in [0.05, 0.1) is 11.4 Å². The summed E-state index contributed by atoms with van der Waals surface area (Å²) in [5, 5.41) is 13.0. The van der Waals surface area contributed by atoms with E-state index in [2.05, 4.69) is 40.5 Å². The number of aromatic nitrogens is 5. The van der Waals surface area contributed by atoms with Gasteiger partial charge in [0, 0.05) is 23.6 Å². The molecule has 3 aromatic heterocycles. The molecule has 0 amide bonds. The van der Waals surface area contributed by atoms with Crippen LogP contribution in [0.25, 0.3) is 0 Å². The number of sulfonamides is 1. The summed E-state index contributed by atoms with van der Waals surface area (Å²) in [6, 6.07) is 12.5. The smallest absolute Gasteiger partial charge is 0.265 e. The lowest BCUT2D eigenvalue weighted by Gasteiger charge is -2.12. The lowest BCUT2D eigenvalue weighted by Crippen LogP contribution is -2.14. The van der Waals surface area contributed by atoms with Gasteiger partial charge in [-0.2, -0.15) is 5.10 Å². The van der Waals surface area contributed by atoms with Crippen LogP contribution in [0.2, 0.25) is 0 Å². The topological polar surface area (TPSA) is 138 Å². The Balaban J connectivity index is 1.48. The Morgan fingerprint density at radius 3 is 2.12 bits per heavy atom. The zero-order valence-electron chi connectivity index (χ0n) is 18.6. The van der Waals surface area contributed by atoms with Crippen molar-refractivity contribution in [3.05, 3.63) is 71.4 Å². The molecule has 0 atom stereocenters. The van der Waals surface area contributed by atoms with Gasteiger partial charge in [0.25, 0.3) is 10.0 Å². The monoisotopic (exact) mass is 464 g/mol. The summed E-state index contributed by atoms with van der Waals surface area (Å²) in [6.45, 7) is 7.11. The molecule has 0 fully saturated rings. The second kappa shape index (κ2) is 8.87. The highest BCUT2D eigenvalue weighted by Crippen LogP contribution is 2.24. The molecule has 33 heavy (non-hydrogen) atoms. The van der Waals surface area contributed by atoms with Gasteiger partial charge >= 0.3 is 0 Å². The predicted molar refractivity (Wildman–Crippen MR) is 128 cm³/mol. The number of pyridine rings is 1. The fourth-order valence-corrected chi connectivity index (χ4v) is 4.78. The first kappa shape index (κ1) is 22.2. The van der Waals surface area contributed by atoms with E-state index in [4.69, 9.17) is 0 Å². The molecule has 0 aliphatic rings. The molecule has 4 aromatic rings. The van der Waals surface area contributed by atoms with Gasteiger partial charge in [0.2, 0.25) is 0 Å². The van der Waals surface area contributed by atoms with E-state index in [0.717, 1.165) is 11.3 Å². The standard InChI is InChI=1S/C22H24N8O2S/c1-13-9-10-23-19(11-13)27-21-12-20(24-16(4)25-21)26-17-5-7-18(8-6-17)30-33(31,32)22-14(2)28-29-15(22)3/h5-12,30H,1-4H3,(H,28,29)(H2,23,24,25,26,27). The first-order chi connectivity index (χ1) is 15.7. The minimum atomic E-state index is -3.75. The molecule has 10 nitrogen and oxygen atoms in total. The highest BCUT2D eigenvalue weighted by atomic mass is 32.2. The van der Waals surface area contributed by atoms with Gasteiger partial charge in [0.1, 0.15) is 28.2 Å². The number of rotatable bonds is 7. The normalized spacial score (nSPS) is 11.3. The average Bonchev–Trinajstić information content (AvgIpc) is 3.08. The third-order valence-corrected chi connectivity index (χ3v) is 6.39. The van der Waals surface area contributed by atoms with Crippen LogP contribution >= 0.6 is 0 Å². The van der Waals surface area contributed by atoms with Gasteiger partial charge in [-0.25, -0.2) is 23.4 Å².